The van der Waals surface area contributed by atoms with Gasteiger partial charge >= 0.3 is 0 Å². The van der Waals surface area contributed by atoms with Gasteiger partial charge in [0.25, 0.3) is 0 Å². The number of hydrogen-bond acceptors (Lipinski definition) is 5. The van der Waals surface area contributed by atoms with E-state index in [4.69, 9.17) is 0 Å². The highest BCUT2D eigenvalue weighted by Gasteiger charge is 2.25. The molecule has 5 heteroatoms. The molecule has 0 aromatic carbocycles. The van der Waals surface area contributed by atoms with Gasteiger partial charge in [0.15, 0.2) is 0 Å². The maximum atomic E-state index is 2.61. The number of rotatable bonds is 0. The van der Waals surface area contributed by atoms with Crippen LogP contribution in [0.5, 0.6) is 0 Å². The van der Waals surface area contributed by atoms with Crippen LogP contribution in [0.2, 0.25) is 0 Å². The minimum absolute atomic E-state index is 0. The van der Waals surface area contributed by atoms with E-state index < -0.39 is 0 Å². The fourth-order valence-corrected chi connectivity index (χ4v) is 7.82. The molecule has 53 heavy (non-hydrogen) atoms. The van der Waals surface area contributed by atoms with E-state index in [1.54, 1.807) is 0 Å². The summed E-state index contributed by atoms with van der Waals surface area (Å²) < 4.78 is 0. The molecule has 5 nitrogen and oxygen atoms in total. The van der Waals surface area contributed by atoms with Gasteiger partial charge in [-0.05, 0) is 234 Å². The van der Waals surface area contributed by atoms with Gasteiger partial charge in [-0.15, -0.1) is 0 Å². The summed E-state index contributed by atoms with van der Waals surface area (Å²) in [6.07, 6.45) is 21.2. The predicted octanol–water partition coefficient (Wildman–Crippen LogP) is 13.0. The van der Waals surface area contributed by atoms with Crippen LogP contribution in [0.3, 0.4) is 0 Å². The lowest BCUT2D eigenvalue weighted by Crippen LogP contribution is -2.44. The van der Waals surface area contributed by atoms with Crippen molar-refractivity contribution < 1.29 is 0 Å². The van der Waals surface area contributed by atoms with Crippen LogP contribution in [-0.4, -0.2) is 118 Å². The fourth-order valence-electron chi connectivity index (χ4n) is 7.82. The van der Waals surface area contributed by atoms with Gasteiger partial charge in [-0.1, -0.05) is 53.4 Å². The first-order valence-electron chi connectivity index (χ1n) is 22.8. The van der Waals surface area contributed by atoms with Crippen molar-refractivity contribution in [2.45, 2.75) is 249 Å². The molecule has 5 fully saturated rings. The molecule has 0 bridgehead atoms. The second-order valence-corrected chi connectivity index (χ2v) is 21.1. The minimum atomic E-state index is 0. The number of likely N-dealkylation sites (tertiary alicyclic amines) is 5. The molecule has 0 amide bonds. The first-order valence-corrected chi connectivity index (χ1v) is 22.8. The van der Waals surface area contributed by atoms with Crippen molar-refractivity contribution in [3.8, 4) is 0 Å². The Hall–Kier alpha value is -0.200. The molecule has 5 heterocycles. The molecule has 0 radical (unpaired) electrons. The van der Waals surface area contributed by atoms with Gasteiger partial charge in [0.1, 0.15) is 0 Å². The summed E-state index contributed by atoms with van der Waals surface area (Å²) in [5, 5.41) is 0. The number of piperidine rings is 3. The second-order valence-electron chi connectivity index (χ2n) is 21.1. The lowest BCUT2D eigenvalue weighted by molar-refractivity contribution is 0.110. The molecule has 0 unspecified atom stereocenters. The molecule has 322 valence electrons. The summed E-state index contributed by atoms with van der Waals surface area (Å²) in [5.74, 6) is 0. The summed E-state index contributed by atoms with van der Waals surface area (Å²) in [6, 6.07) is 0. The molecule has 5 aliphatic rings. The zero-order valence-corrected chi connectivity index (χ0v) is 39.4. The standard InChI is InChI=1S/C10H21N.3C9H19N.C8H17N.C2H6.CH4/c1-10(2,3)11-8-6-4-5-7-9-11;3*1-9(2,3)10-7-5-4-6-8-10;1-8(2,3)9-6-4-5-7-9;1-2;/h4-9H2,1-3H3;3*4-8H2,1-3H3;4-7H2,1-3H3;1-2H3;1H4. The topological polar surface area (TPSA) is 16.2 Å². The van der Waals surface area contributed by atoms with Crippen molar-refractivity contribution in [1.29, 1.82) is 0 Å². The maximum absolute atomic E-state index is 2.61. The third-order valence-corrected chi connectivity index (χ3v) is 11.5. The quantitative estimate of drug-likeness (QED) is 0.244. The fraction of sp³-hybridized carbons (Fsp3) is 1.00. The summed E-state index contributed by atoms with van der Waals surface area (Å²) in [4.78, 5) is 12.9. The summed E-state index contributed by atoms with van der Waals surface area (Å²) in [6.45, 7) is 51.6. The highest BCUT2D eigenvalue weighted by molar-refractivity contribution is 4.82. The lowest BCUT2D eigenvalue weighted by Gasteiger charge is -2.38. The van der Waals surface area contributed by atoms with E-state index in [0.717, 1.165) is 0 Å². The van der Waals surface area contributed by atoms with E-state index in [1.165, 1.54) is 162 Å². The van der Waals surface area contributed by atoms with Crippen LogP contribution < -0.4 is 0 Å². The molecule has 0 spiro atoms. The van der Waals surface area contributed by atoms with Gasteiger partial charge in [0.05, 0.1) is 0 Å². The lowest BCUT2D eigenvalue weighted by atomic mass is 10.0. The average molecular weight is 752 g/mol. The van der Waals surface area contributed by atoms with E-state index >= 15 is 0 Å². The Kier molecular flexibility index (Phi) is 28.4. The number of nitrogens with zero attached hydrogens (tertiary/aromatic N) is 5. The molecule has 0 N–H and O–H groups in total. The highest BCUT2D eigenvalue weighted by atomic mass is 15.2. The molecule has 5 saturated heterocycles. The molecule has 0 aromatic rings. The number of hydrogen-bond donors (Lipinski definition) is 0. The van der Waals surface area contributed by atoms with Crippen molar-refractivity contribution in [2.75, 3.05) is 65.4 Å². The van der Waals surface area contributed by atoms with Crippen molar-refractivity contribution >= 4 is 0 Å². The van der Waals surface area contributed by atoms with Gasteiger partial charge in [0, 0.05) is 27.7 Å². The Bertz CT molecular complexity index is 736. The molecular formula is C48H105N5. The SMILES string of the molecule is C.CC.CC(C)(C)N1CCCC1.CC(C)(C)N1CCCCC1.CC(C)(C)N1CCCCC1.CC(C)(C)N1CCCCC1.CC(C)(C)N1CCCCCC1. The van der Waals surface area contributed by atoms with Gasteiger partial charge in [0.2, 0.25) is 0 Å². The molecule has 5 rings (SSSR count). The van der Waals surface area contributed by atoms with Crippen LogP contribution in [-0.2, 0) is 0 Å². The Morgan fingerprint density at radius 2 is 0.302 bits per heavy atom. The summed E-state index contributed by atoms with van der Waals surface area (Å²) in [7, 11) is 0. The van der Waals surface area contributed by atoms with E-state index in [0.29, 0.717) is 27.7 Å². The third-order valence-electron chi connectivity index (χ3n) is 11.5. The van der Waals surface area contributed by atoms with Gasteiger partial charge in [-0.25, -0.2) is 0 Å². The molecular weight excluding hydrogens is 647 g/mol. The maximum Gasteiger partial charge on any atom is 0.0125 e. The van der Waals surface area contributed by atoms with Gasteiger partial charge in [-0.2, -0.15) is 0 Å². The first-order chi connectivity index (χ1) is 24.0. The Labute approximate surface area is 338 Å². The molecule has 0 aromatic heterocycles. The van der Waals surface area contributed by atoms with Crippen LogP contribution in [0.4, 0.5) is 0 Å². The van der Waals surface area contributed by atoms with Crippen molar-refractivity contribution in [1.82, 2.24) is 24.5 Å². The van der Waals surface area contributed by atoms with Crippen LogP contribution >= 0.6 is 0 Å². The van der Waals surface area contributed by atoms with Crippen LogP contribution in [0, 0.1) is 0 Å². The van der Waals surface area contributed by atoms with E-state index in [-0.39, 0.29) is 7.43 Å². The van der Waals surface area contributed by atoms with E-state index in [9.17, 15) is 0 Å². The third kappa shape index (κ3) is 26.4. The average Bonchev–Trinajstić information content (AvgIpc) is 3.50. The zero-order valence-electron chi connectivity index (χ0n) is 39.4. The Balaban J connectivity index is 0. The Morgan fingerprint density at radius 1 is 0.208 bits per heavy atom. The van der Waals surface area contributed by atoms with Crippen LogP contribution in [0.15, 0.2) is 0 Å². The van der Waals surface area contributed by atoms with Crippen molar-refractivity contribution in [2.24, 2.45) is 0 Å². The zero-order chi connectivity index (χ0) is 40.1. The summed E-state index contributed by atoms with van der Waals surface area (Å²) in [5.41, 5.74) is 2.02. The smallest absolute Gasteiger partial charge is 0.0125 e. The van der Waals surface area contributed by atoms with Gasteiger partial charge < -0.3 is 0 Å². The Morgan fingerprint density at radius 3 is 0.415 bits per heavy atom. The monoisotopic (exact) mass is 752 g/mol. The van der Waals surface area contributed by atoms with Gasteiger partial charge in [-0.3, -0.25) is 24.5 Å². The van der Waals surface area contributed by atoms with E-state index in [1.807, 2.05) is 13.8 Å². The molecule has 0 aliphatic carbocycles. The van der Waals surface area contributed by atoms with Crippen LogP contribution in [0.25, 0.3) is 0 Å². The molecule has 0 saturated carbocycles. The molecule has 5 aliphatic heterocycles. The second kappa shape index (κ2) is 27.4. The van der Waals surface area contributed by atoms with Crippen LogP contribution in [0.1, 0.15) is 221 Å². The first kappa shape index (κ1) is 54.9. The normalized spacial score (nSPS) is 21.9. The minimum Gasteiger partial charge on any atom is -0.298 e. The largest absolute Gasteiger partial charge is 0.298 e. The highest BCUT2D eigenvalue weighted by Crippen LogP contribution is 2.22. The summed E-state index contributed by atoms with van der Waals surface area (Å²) >= 11 is 0. The van der Waals surface area contributed by atoms with E-state index in [2.05, 4.69) is 128 Å². The van der Waals surface area contributed by atoms with Crippen molar-refractivity contribution in [3.63, 3.8) is 0 Å². The molecule has 0 atom stereocenters. The van der Waals surface area contributed by atoms with Crippen molar-refractivity contribution in [3.05, 3.63) is 0 Å². The predicted molar refractivity (Wildman–Crippen MR) is 244 cm³/mol.